The maximum atomic E-state index is 14.1. The first-order chi connectivity index (χ1) is 15.7. The standard InChI is InChI=1S/C23H26FN7O/c1-2-3-11-23(27-28-23)12-13-25-20(22-26-29-30-31(22)18-8-4-5-9-18)17-14-16-7-6-10-19(24)21(16)32-15-17/h1,6-7,10,14,18,20,25H,3-5,8-9,11-13,15H2. The van der Waals surface area contributed by atoms with Gasteiger partial charge in [0.25, 0.3) is 0 Å². The number of para-hydroxylation sites is 1. The second-order valence-electron chi connectivity index (χ2n) is 8.61. The molecule has 1 aromatic carbocycles. The zero-order valence-electron chi connectivity index (χ0n) is 17.9. The average molecular weight is 436 g/mol. The first-order valence-electron chi connectivity index (χ1n) is 11.2. The van der Waals surface area contributed by atoms with Crippen LogP contribution in [0.2, 0.25) is 0 Å². The maximum absolute atomic E-state index is 14.1. The van der Waals surface area contributed by atoms with E-state index in [1.165, 1.54) is 18.9 Å². The SMILES string of the molecule is C#CCCC1(CCNC(C2=Cc3cccc(F)c3OC2)c2nnnn2C2CCCC2)N=N1. The van der Waals surface area contributed by atoms with Gasteiger partial charge in [0.15, 0.2) is 23.1 Å². The molecule has 1 atom stereocenters. The number of ether oxygens (including phenoxy) is 1. The van der Waals surface area contributed by atoms with E-state index in [2.05, 4.69) is 37.0 Å². The van der Waals surface area contributed by atoms with Crippen LogP contribution in [0.25, 0.3) is 6.08 Å². The zero-order valence-corrected chi connectivity index (χ0v) is 17.9. The molecule has 1 aromatic heterocycles. The van der Waals surface area contributed by atoms with Crippen molar-refractivity contribution in [2.45, 2.75) is 62.7 Å². The minimum absolute atomic E-state index is 0.259. The molecule has 1 fully saturated rings. The van der Waals surface area contributed by atoms with E-state index in [4.69, 9.17) is 11.2 Å². The summed E-state index contributed by atoms with van der Waals surface area (Å²) in [6.45, 7) is 0.924. The Kier molecular flexibility index (Phi) is 5.70. The highest BCUT2D eigenvalue weighted by Gasteiger charge is 2.39. The molecule has 1 saturated carbocycles. The van der Waals surface area contributed by atoms with Crippen LogP contribution >= 0.6 is 0 Å². The largest absolute Gasteiger partial charge is 0.485 e. The van der Waals surface area contributed by atoms with E-state index < -0.39 is 0 Å². The van der Waals surface area contributed by atoms with Gasteiger partial charge >= 0.3 is 0 Å². The van der Waals surface area contributed by atoms with Crippen LogP contribution in [-0.2, 0) is 0 Å². The number of terminal acetylenes is 1. The Hall–Kier alpha value is -3.12. The van der Waals surface area contributed by atoms with E-state index in [-0.39, 0.29) is 29.9 Å². The molecular weight excluding hydrogens is 409 g/mol. The Bertz CT molecular complexity index is 1070. The number of rotatable bonds is 9. The minimum atomic E-state index is -0.367. The fraction of sp³-hybridized carbons (Fsp3) is 0.522. The quantitative estimate of drug-likeness (QED) is 0.602. The molecule has 0 radical (unpaired) electrons. The van der Waals surface area contributed by atoms with Crippen molar-refractivity contribution in [1.29, 1.82) is 0 Å². The first kappa shape index (κ1) is 20.8. The van der Waals surface area contributed by atoms with Crippen LogP contribution in [-0.4, -0.2) is 39.0 Å². The number of tetrazole rings is 1. The minimum Gasteiger partial charge on any atom is -0.485 e. The molecule has 1 aliphatic carbocycles. The number of benzene rings is 1. The highest BCUT2D eigenvalue weighted by molar-refractivity contribution is 5.63. The lowest BCUT2D eigenvalue weighted by atomic mass is 9.99. The van der Waals surface area contributed by atoms with Crippen LogP contribution in [0, 0.1) is 18.2 Å². The van der Waals surface area contributed by atoms with Crippen molar-refractivity contribution in [3.8, 4) is 18.1 Å². The molecule has 32 heavy (non-hydrogen) atoms. The van der Waals surface area contributed by atoms with Crippen molar-refractivity contribution in [1.82, 2.24) is 25.5 Å². The fourth-order valence-electron chi connectivity index (χ4n) is 4.63. The molecule has 2 aliphatic heterocycles. The normalized spacial score (nSPS) is 19.7. The molecule has 0 bridgehead atoms. The molecule has 3 aliphatic rings. The number of aromatic nitrogens is 4. The van der Waals surface area contributed by atoms with Crippen LogP contribution in [0.4, 0.5) is 4.39 Å². The number of fused-ring (bicyclic) bond motifs is 1. The van der Waals surface area contributed by atoms with E-state index in [9.17, 15) is 4.39 Å². The summed E-state index contributed by atoms with van der Waals surface area (Å²) in [5, 5.41) is 24.7. The third-order valence-corrected chi connectivity index (χ3v) is 6.47. The Balaban J connectivity index is 1.40. The average Bonchev–Trinajstić information content (AvgIpc) is 3.18. The lowest BCUT2D eigenvalue weighted by molar-refractivity contribution is 0.308. The lowest BCUT2D eigenvalue weighted by Crippen LogP contribution is -2.33. The molecule has 0 spiro atoms. The molecule has 5 rings (SSSR count). The second kappa shape index (κ2) is 8.79. The fourth-order valence-corrected chi connectivity index (χ4v) is 4.63. The summed E-state index contributed by atoms with van der Waals surface area (Å²) in [6.07, 6.45) is 14.0. The number of nitrogens with one attached hydrogen (secondary N) is 1. The number of hydrogen-bond donors (Lipinski definition) is 1. The van der Waals surface area contributed by atoms with Crippen molar-refractivity contribution < 1.29 is 9.13 Å². The number of halogens is 1. The summed E-state index contributed by atoms with van der Waals surface area (Å²) in [5.41, 5.74) is 1.31. The molecule has 1 N–H and O–H groups in total. The topological polar surface area (TPSA) is 89.6 Å². The smallest absolute Gasteiger partial charge is 0.193 e. The van der Waals surface area contributed by atoms with Gasteiger partial charge in [0.2, 0.25) is 0 Å². The molecule has 0 amide bonds. The molecule has 166 valence electrons. The Morgan fingerprint density at radius 1 is 1.28 bits per heavy atom. The Morgan fingerprint density at radius 2 is 2.12 bits per heavy atom. The van der Waals surface area contributed by atoms with Crippen LogP contribution in [0.5, 0.6) is 5.75 Å². The van der Waals surface area contributed by atoms with E-state index >= 15 is 0 Å². The van der Waals surface area contributed by atoms with E-state index in [1.807, 2.05) is 16.8 Å². The van der Waals surface area contributed by atoms with Gasteiger partial charge in [0.05, 0.1) is 12.1 Å². The molecule has 0 saturated heterocycles. The van der Waals surface area contributed by atoms with Gasteiger partial charge in [-0.25, -0.2) is 9.07 Å². The number of nitrogens with zero attached hydrogens (tertiary/aromatic N) is 6. The lowest BCUT2D eigenvalue weighted by Gasteiger charge is -2.26. The zero-order chi connectivity index (χ0) is 22.0. The third kappa shape index (κ3) is 4.15. The van der Waals surface area contributed by atoms with E-state index in [1.54, 1.807) is 6.07 Å². The van der Waals surface area contributed by atoms with Gasteiger partial charge < -0.3 is 10.1 Å². The first-order valence-corrected chi connectivity index (χ1v) is 11.2. The number of hydrogen-bond acceptors (Lipinski definition) is 7. The molecular formula is C23H26FN7O. The maximum Gasteiger partial charge on any atom is 0.193 e. The summed E-state index contributed by atoms with van der Waals surface area (Å²) in [4.78, 5) is 0. The summed E-state index contributed by atoms with van der Waals surface area (Å²) in [6, 6.07) is 4.99. The molecule has 1 unspecified atom stereocenters. The van der Waals surface area contributed by atoms with Crippen molar-refractivity contribution in [3.05, 3.63) is 41.0 Å². The van der Waals surface area contributed by atoms with Crippen LogP contribution in [0.1, 0.15) is 68.4 Å². The van der Waals surface area contributed by atoms with Crippen molar-refractivity contribution in [2.75, 3.05) is 13.2 Å². The molecule has 8 nitrogen and oxygen atoms in total. The predicted octanol–water partition coefficient (Wildman–Crippen LogP) is 4.00. The summed E-state index contributed by atoms with van der Waals surface area (Å²) in [7, 11) is 0. The van der Waals surface area contributed by atoms with Gasteiger partial charge in [-0.15, -0.1) is 17.4 Å². The third-order valence-electron chi connectivity index (χ3n) is 6.47. The van der Waals surface area contributed by atoms with Gasteiger partial charge in [-0.3, -0.25) is 0 Å². The van der Waals surface area contributed by atoms with Crippen LogP contribution < -0.4 is 10.1 Å². The van der Waals surface area contributed by atoms with Crippen LogP contribution in [0.15, 0.2) is 34.0 Å². The highest BCUT2D eigenvalue weighted by atomic mass is 19.1. The van der Waals surface area contributed by atoms with Gasteiger partial charge in [0, 0.05) is 31.4 Å². The van der Waals surface area contributed by atoms with Gasteiger partial charge in [-0.1, -0.05) is 25.0 Å². The molecule has 3 heterocycles. The summed E-state index contributed by atoms with van der Waals surface area (Å²) < 4.78 is 21.9. The Labute approximate surface area is 186 Å². The van der Waals surface area contributed by atoms with Gasteiger partial charge in [-0.2, -0.15) is 10.2 Å². The van der Waals surface area contributed by atoms with Crippen molar-refractivity contribution in [2.24, 2.45) is 10.2 Å². The summed E-state index contributed by atoms with van der Waals surface area (Å²) in [5.74, 6) is 3.35. The van der Waals surface area contributed by atoms with Crippen LogP contribution in [0.3, 0.4) is 0 Å². The Morgan fingerprint density at radius 3 is 2.91 bits per heavy atom. The van der Waals surface area contributed by atoms with Gasteiger partial charge in [0.1, 0.15) is 6.61 Å². The van der Waals surface area contributed by atoms with Gasteiger partial charge in [-0.05, 0) is 41.0 Å². The summed E-state index contributed by atoms with van der Waals surface area (Å²) >= 11 is 0. The predicted molar refractivity (Wildman–Crippen MR) is 116 cm³/mol. The second-order valence-corrected chi connectivity index (χ2v) is 8.61. The van der Waals surface area contributed by atoms with E-state index in [0.29, 0.717) is 19.0 Å². The molecule has 9 heteroatoms. The molecule has 2 aromatic rings. The monoisotopic (exact) mass is 435 g/mol. The van der Waals surface area contributed by atoms with E-state index in [0.717, 1.165) is 42.6 Å². The highest BCUT2D eigenvalue weighted by Crippen LogP contribution is 2.38. The van der Waals surface area contributed by atoms with Crippen molar-refractivity contribution >= 4 is 6.08 Å². The van der Waals surface area contributed by atoms with Crippen molar-refractivity contribution in [3.63, 3.8) is 0 Å².